The molecule has 4 rings (SSSR count). The lowest BCUT2D eigenvalue weighted by atomic mass is 9.85. The lowest BCUT2D eigenvalue weighted by Crippen LogP contribution is -2.17. The Morgan fingerprint density at radius 1 is 0.833 bits per heavy atom. The van der Waals surface area contributed by atoms with Crippen LogP contribution in [-0.2, 0) is 17.6 Å². The number of thioether (sulfide) groups is 2. The molecule has 0 saturated heterocycles. The fourth-order valence-corrected chi connectivity index (χ4v) is 5.76. The maximum atomic E-state index is 13.0. The van der Waals surface area contributed by atoms with Crippen LogP contribution in [0.25, 0.3) is 0 Å². The van der Waals surface area contributed by atoms with E-state index in [1.165, 1.54) is 43.6 Å². The molecule has 2 unspecified atom stereocenters. The molecule has 0 fully saturated rings. The lowest BCUT2D eigenvalue weighted by Gasteiger charge is -2.18. The third kappa shape index (κ3) is 2.93. The molecule has 1 nitrogen and oxygen atoms in total. The Labute approximate surface area is 152 Å². The van der Waals surface area contributed by atoms with E-state index in [0.717, 1.165) is 12.8 Å². The molecule has 0 N–H and O–H groups in total. The van der Waals surface area contributed by atoms with Gasteiger partial charge in [0.2, 0.25) is 0 Å². The zero-order valence-electron chi connectivity index (χ0n) is 14.2. The number of hydrogen-bond acceptors (Lipinski definition) is 3. The monoisotopic (exact) mass is 354 g/mol. The van der Waals surface area contributed by atoms with E-state index in [2.05, 4.69) is 50.2 Å². The molecule has 2 aliphatic heterocycles. The molecule has 2 atom stereocenters. The molecule has 2 aromatic rings. The fraction of sp³-hybridized carbons (Fsp3) is 0.381. The van der Waals surface area contributed by atoms with Crippen molar-refractivity contribution in [2.24, 2.45) is 0 Å². The molecule has 0 spiro atoms. The smallest absolute Gasteiger partial charge is 0.147 e. The van der Waals surface area contributed by atoms with Gasteiger partial charge in [-0.1, -0.05) is 38.1 Å². The van der Waals surface area contributed by atoms with E-state index >= 15 is 0 Å². The highest BCUT2D eigenvalue weighted by Crippen LogP contribution is 2.36. The predicted molar refractivity (Wildman–Crippen MR) is 104 cm³/mol. The van der Waals surface area contributed by atoms with Gasteiger partial charge in [-0.05, 0) is 47.2 Å². The Kier molecular flexibility index (Phi) is 4.48. The molecule has 124 valence electrons. The van der Waals surface area contributed by atoms with Crippen molar-refractivity contribution in [3.05, 3.63) is 58.7 Å². The topological polar surface area (TPSA) is 17.1 Å². The zero-order valence-corrected chi connectivity index (χ0v) is 15.8. The average molecular weight is 355 g/mol. The second kappa shape index (κ2) is 6.61. The Bertz CT molecular complexity index is 731. The van der Waals surface area contributed by atoms with Crippen LogP contribution >= 0.6 is 23.5 Å². The maximum Gasteiger partial charge on any atom is 0.147 e. The summed E-state index contributed by atoms with van der Waals surface area (Å²) in [6, 6.07) is 13.2. The largest absolute Gasteiger partial charge is 0.298 e. The summed E-state index contributed by atoms with van der Waals surface area (Å²) in [6.45, 7) is 4.12. The molecular formula is C21H22OS2. The normalized spacial score (nSPS) is 18.1. The minimum atomic E-state index is -0.0430. The number of fused-ring (bicyclic) bond motifs is 2. The van der Waals surface area contributed by atoms with Gasteiger partial charge in [0, 0.05) is 33.1 Å². The molecular weight excluding hydrogens is 332 g/mol. The van der Waals surface area contributed by atoms with Crippen LogP contribution in [0.3, 0.4) is 0 Å². The summed E-state index contributed by atoms with van der Waals surface area (Å²) in [5.41, 5.74) is 5.17. The quantitative estimate of drug-likeness (QED) is 0.726. The van der Waals surface area contributed by atoms with Crippen molar-refractivity contribution in [1.29, 1.82) is 0 Å². The summed E-state index contributed by atoms with van der Waals surface area (Å²) in [5.74, 6) is 2.58. The summed E-state index contributed by atoms with van der Waals surface area (Å²) in [5, 5.41) is 0. The number of benzene rings is 2. The van der Waals surface area contributed by atoms with E-state index < -0.39 is 0 Å². The predicted octanol–water partition coefficient (Wildman–Crippen LogP) is 5.46. The molecule has 0 amide bonds. The molecule has 2 aromatic carbocycles. The first-order chi connectivity index (χ1) is 11.6. The van der Waals surface area contributed by atoms with Crippen LogP contribution in [0.4, 0.5) is 0 Å². The first kappa shape index (κ1) is 16.3. The minimum Gasteiger partial charge on any atom is -0.298 e. The van der Waals surface area contributed by atoms with Crippen molar-refractivity contribution in [3.63, 3.8) is 0 Å². The highest BCUT2D eigenvalue weighted by atomic mass is 32.2. The number of ketones is 1. The van der Waals surface area contributed by atoms with Gasteiger partial charge in [-0.15, -0.1) is 23.5 Å². The summed E-state index contributed by atoms with van der Waals surface area (Å²) >= 11 is 3.85. The van der Waals surface area contributed by atoms with Gasteiger partial charge < -0.3 is 0 Å². The Hall–Kier alpha value is -1.19. The maximum absolute atomic E-state index is 13.0. The van der Waals surface area contributed by atoms with Crippen molar-refractivity contribution < 1.29 is 4.79 Å². The van der Waals surface area contributed by atoms with Gasteiger partial charge in [-0.3, -0.25) is 4.79 Å². The fourth-order valence-electron chi connectivity index (χ4n) is 3.66. The van der Waals surface area contributed by atoms with E-state index in [9.17, 15) is 4.79 Å². The third-order valence-corrected chi connectivity index (χ3v) is 7.52. The summed E-state index contributed by atoms with van der Waals surface area (Å²) < 4.78 is 0. The highest BCUT2D eigenvalue weighted by molar-refractivity contribution is 7.99. The highest BCUT2D eigenvalue weighted by Gasteiger charge is 2.25. The molecule has 24 heavy (non-hydrogen) atoms. The SMILES string of the molecule is CC(C(=O)C(C)c1ccc2c(c1)CCS2)c1ccc2c(c1)CCS2. The number of carbonyl (C=O) groups excluding carboxylic acids is 1. The van der Waals surface area contributed by atoms with Gasteiger partial charge in [-0.2, -0.15) is 0 Å². The van der Waals surface area contributed by atoms with Gasteiger partial charge in [0.25, 0.3) is 0 Å². The molecule has 0 saturated carbocycles. The van der Waals surface area contributed by atoms with Gasteiger partial charge in [-0.25, -0.2) is 0 Å². The minimum absolute atomic E-state index is 0.0430. The number of hydrogen-bond donors (Lipinski definition) is 0. The van der Waals surface area contributed by atoms with Crippen LogP contribution in [-0.4, -0.2) is 17.3 Å². The molecule has 2 aliphatic rings. The average Bonchev–Trinajstić information content (AvgIpc) is 3.26. The number of Topliss-reactive ketones (excluding diaryl/α,β-unsaturated/α-hetero) is 1. The van der Waals surface area contributed by atoms with E-state index in [4.69, 9.17) is 0 Å². The molecule has 2 heterocycles. The van der Waals surface area contributed by atoms with Gasteiger partial charge in [0.1, 0.15) is 5.78 Å². The van der Waals surface area contributed by atoms with Gasteiger partial charge in [0.15, 0.2) is 0 Å². The van der Waals surface area contributed by atoms with Crippen LogP contribution < -0.4 is 0 Å². The summed E-state index contributed by atoms with van der Waals surface area (Å²) in [6.07, 6.45) is 2.26. The van der Waals surface area contributed by atoms with Crippen molar-refractivity contribution in [2.75, 3.05) is 11.5 Å². The molecule has 0 aliphatic carbocycles. The van der Waals surface area contributed by atoms with Crippen LogP contribution in [0.15, 0.2) is 46.2 Å². The van der Waals surface area contributed by atoms with E-state index in [1.807, 2.05) is 23.5 Å². The van der Waals surface area contributed by atoms with E-state index in [-0.39, 0.29) is 11.8 Å². The first-order valence-corrected chi connectivity index (χ1v) is 10.7. The van der Waals surface area contributed by atoms with Crippen molar-refractivity contribution in [1.82, 2.24) is 0 Å². The zero-order chi connectivity index (χ0) is 16.7. The first-order valence-electron chi connectivity index (χ1n) is 8.68. The second-order valence-electron chi connectivity index (χ2n) is 6.78. The van der Waals surface area contributed by atoms with E-state index in [0.29, 0.717) is 5.78 Å². The van der Waals surface area contributed by atoms with Crippen LogP contribution in [0.2, 0.25) is 0 Å². The number of aryl methyl sites for hydroxylation is 2. The van der Waals surface area contributed by atoms with Crippen molar-refractivity contribution >= 4 is 29.3 Å². The molecule has 0 radical (unpaired) electrons. The van der Waals surface area contributed by atoms with Gasteiger partial charge >= 0.3 is 0 Å². The Balaban J connectivity index is 1.56. The van der Waals surface area contributed by atoms with Crippen molar-refractivity contribution in [3.8, 4) is 0 Å². The molecule has 3 heteroatoms. The number of carbonyl (C=O) groups is 1. The van der Waals surface area contributed by atoms with Crippen LogP contribution in [0.5, 0.6) is 0 Å². The molecule has 0 aromatic heterocycles. The third-order valence-electron chi connectivity index (χ3n) is 5.28. The van der Waals surface area contributed by atoms with Gasteiger partial charge in [0.05, 0.1) is 0 Å². The molecule has 0 bridgehead atoms. The van der Waals surface area contributed by atoms with Crippen LogP contribution in [0.1, 0.15) is 47.9 Å². The van der Waals surface area contributed by atoms with E-state index in [1.54, 1.807) is 0 Å². The Morgan fingerprint density at radius 2 is 1.29 bits per heavy atom. The number of rotatable bonds is 4. The summed E-state index contributed by atoms with van der Waals surface area (Å²) in [7, 11) is 0. The van der Waals surface area contributed by atoms with Crippen molar-refractivity contribution in [2.45, 2.75) is 48.3 Å². The van der Waals surface area contributed by atoms with Crippen LogP contribution in [0, 0.1) is 0 Å². The Morgan fingerprint density at radius 3 is 1.75 bits per heavy atom. The standard InChI is InChI=1S/C21H22OS2/c1-13(15-3-5-19-17(11-15)7-9-23-19)21(22)14(2)16-4-6-20-18(12-16)8-10-24-20/h3-6,11-14H,7-10H2,1-2H3. The summed E-state index contributed by atoms with van der Waals surface area (Å²) in [4.78, 5) is 15.8. The second-order valence-corrected chi connectivity index (χ2v) is 9.05. The lowest BCUT2D eigenvalue weighted by molar-refractivity contribution is -0.121.